The summed E-state index contributed by atoms with van der Waals surface area (Å²) in [5.74, 6) is 0.391. The summed E-state index contributed by atoms with van der Waals surface area (Å²) in [7, 11) is 1.56. The number of ether oxygens (including phenoxy) is 1. The Morgan fingerprint density at radius 1 is 1.47 bits per heavy atom. The number of carbonyl (C=O) groups is 1. The monoisotopic (exact) mass is 260 g/mol. The van der Waals surface area contributed by atoms with Crippen LogP contribution in [0.4, 0.5) is 0 Å². The number of pyridine rings is 1. The summed E-state index contributed by atoms with van der Waals surface area (Å²) >= 11 is 0. The normalized spacial score (nSPS) is 10.3. The number of amides is 1. The molecule has 2 aromatic heterocycles. The fourth-order valence-electron chi connectivity index (χ4n) is 1.83. The van der Waals surface area contributed by atoms with Gasteiger partial charge in [-0.05, 0) is 25.5 Å². The van der Waals surface area contributed by atoms with E-state index in [-0.39, 0.29) is 5.91 Å². The second-order valence-corrected chi connectivity index (χ2v) is 4.20. The topological polar surface area (TPSA) is 79.9 Å². The van der Waals surface area contributed by atoms with E-state index >= 15 is 0 Å². The van der Waals surface area contributed by atoms with Crippen LogP contribution in [0, 0.1) is 13.8 Å². The lowest BCUT2D eigenvalue weighted by Gasteiger charge is -2.06. The lowest BCUT2D eigenvalue weighted by molar-refractivity contribution is 0.0949. The van der Waals surface area contributed by atoms with Crippen molar-refractivity contribution in [3.05, 3.63) is 40.8 Å². The molecular formula is C13H16N4O2. The number of hydrogen-bond donors (Lipinski definition) is 2. The lowest BCUT2D eigenvalue weighted by Crippen LogP contribution is -2.23. The van der Waals surface area contributed by atoms with Gasteiger partial charge >= 0.3 is 0 Å². The molecule has 100 valence electrons. The van der Waals surface area contributed by atoms with Crippen LogP contribution in [0.1, 0.15) is 27.3 Å². The summed E-state index contributed by atoms with van der Waals surface area (Å²) in [4.78, 5) is 16.1. The van der Waals surface area contributed by atoms with E-state index in [1.807, 2.05) is 13.0 Å². The van der Waals surface area contributed by atoms with Gasteiger partial charge in [0, 0.05) is 24.5 Å². The molecule has 1 amide bonds. The Balaban J connectivity index is 2.04. The first-order valence-electron chi connectivity index (χ1n) is 5.90. The molecule has 2 heterocycles. The van der Waals surface area contributed by atoms with Crippen LogP contribution in [0.25, 0.3) is 0 Å². The highest BCUT2D eigenvalue weighted by molar-refractivity contribution is 5.96. The van der Waals surface area contributed by atoms with Crippen molar-refractivity contribution in [2.45, 2.75) is 20.4 Å². The first-order chi connectivity index (χ1) is 9.11. The molecule has 0 bridgehead atoms. The molecule has 0 unspecified atom stereocenters. The van der Waals surface area contributed by atoms with Gasteiger partial charge in [0.1, 0.15) is 0 Å². The number of nitrogens with one attached hydrogen (secondary N) is 2. The predicted octanol–water partition coefficient (Wildman–Crippen LogP) is 1.36. The van der Waals surface area contributed by atoms with Crippen molar-refractivity contribution in [2.24, 2.45) is 0 Å². The maximum atomic E-state index is 12.1. The second-order valence-electron chi connectivity index (χ2n) is 4.20. The molecule has 6 heteroatoms. The highest BCUT2D eigenvalue weighted by atomic mass is 16.5. The smallest absolute Gasteiger partial charge is 0.255 e. The number of H-pyrrole nitrogens is 1. The van der Waals surface area contributed by atoms with Gasteiger partial charge in [-0.1, -0.05) is 0 Å². The lowest BCUT2D eigenvalue weighted by atomic mass is 10.2. The summed E-state index contributed by atoms with van der Waals surface area (Å²) in [6.45, 7) is 4.04. The minimum atomic E-state index is -0.139. The van der Waals surface area contributed by atoms with Gasteiger partial charge in [0.05, 0.1) is 18.4 Å². The van der Waals surface area contributed by atoms with Crippen LogP contribution < -0.4 is 10.1 Å². The third kappa shape index (κ3) is 2.90. The zero-order valence-corrected chi connectivity index (χ0v) is 11.2. The van der Waals surface area contributed by atoms with Crippen LogP contribution in [0.2, 0.25) is 0 Å². The Morgan fingerprint density at radius 2 is 2.26 bits per heavy atom. The fraction of sp³-hybridized carbons (Fsp3) is 0.308. The zero-order valence-electron chi connectivity index (χ0n) is 11.2. The van der Waals surface area contributed by atoms with E-state index < -0.39 is 0 Å². The Hall–Kier alpha value is -2.37. The molecule has 0 radical (unpaired) electrons. The van der Waals surface area contributed by atoms with Crippen LogP contribution in [0.5, 0.6) is 5.88 Å². The quantitative estimate of drug-likeness (QED) is 0.869. The number of nitrogens with zero attached hydrogens (tertiary/aromatic N) is 2. The van der Waals surface area contributed by atoms with Crippen molar-refractivity contribution in [2.75, 3.05) is 7.11 Å². The molecule has 0 fully saturated rings. The molecule has 19 heavy (non-hydrogen) atoms. The zero-order chi connectivity index (χ0) is 13.8. The van der Waals surface area contributed by atoms with E-state index in [1.165, 1.54) is 0 Å². The third-order valence-electron chi connectivity index (χ3n) is 2.82. The fourth-order valence-corrected chi connectivity index (χ4v) is 1.83. The maximum Gasteiger partial charge on any atom is 0.255 e. The van der Waals surface area contributed by atoms with Crippen molar-refractivity contribution in [1.82, 2.24) is 20.5 Å². The molecule has 0 saturated heterocycles. The summed E-state index contributed by atoms with van der Waals surface area (Å²) in [6.07, 6.45) is 1.65. The number of carbonyl (C=O) groups excluding carboxylic acids is 1. The van der Waals surface area contributed by atoms with Gasteiger partial charge < -0.3 is 10.1 Å². The average Bonchev–Trinajstić information content (AvgIpc) is 2.76. The number of hydrogen-bond acceptors (Lipinski definition) is 4. The Bertz CT molecular complexity index is 573. The first-order valence-corrected chi connectivity index (χ1v) is 5.90. The van der Waals surface area contributed by atoms with Gasteiger partial charge in [0.25, 0.3) is 5.91 Å². The Kier molecular flexibility index (Phi) is 3.79. The molecule has 0 spiro atoms. The largest absolute Gasteiger partial charge is 0.481 e. The highest BCUT2D eigenvalue weighted by Gasteiger charge is 2.14. The minimum absolute atomic E-state index is 0.139. The van der Waals surface area contributed by atoms with Gasteiger partial charge in [0.15, 0.2) is 0 Å². The van der Waals surface area contributed by atoms with Crippen LogP contribution in [-0.4, -0.2) is 28.2 Å². The molecule has 6 nitrogen and oxygen atoms in total. The van der Waals surface area contributed by atoms with Crippen LogP contribution in [-0.2, 0) is 6.54 Å². The van der Waals surface area contributed by atoms with Gasteiger partial charge in [-0.3, -0.25) is 9.89 Å². The SMILES string of the molecule is COc1cc(CNC(=O)c2c(C)n[nH]c2C)ccn1. The van der Waals surface area contributed by atoms with E-state index in [2.05, 4.69) is 20.5 Å². The molecule has 2 N–H and O–H groups in total. The van der Waals surface area contributed by atoms with Gasteiger partial charge in [-0.2, -0.15) is 5.10 Å². The highest BCUT2D eigenvalue weighted by Crippen LogP contribution is 2.11. The molecule has 2 rings (SSSR count). The molecule has 0 aliphatic rings. The summed E-state index contributed by atoms with van der Waals surface area (Å²) < 4.78 is 5.03. The van der Waals surface area contributed by atoms with Crippen molar-refractivity contribution in [3.8, 4) is 5.88 Å². The van der Waals surface area contributed by atoms with Crippen LogP contribution in [0.15, 0.2) is 18.3 Å². The Morgan fingerprint density at radius 3 is 2.89 bits per heavy atom. The molecule has 2 aromatic rings. The molecule has 0 aliphatic carbocycles. The maximum absolute atomic E-state index is 12.1. The van der Waals surface area contributed by atoms with Crippen molar-refractivity contribution < 1.29 is 9.53 Å². The number of aryl methyl sites for hydroxylation is 2. The second kappa shape index (κ2) is 5.51. The molecular weight excluding hydrogens is 244 g/mol. The molecule has 0 aromatic carbocycles. The van der Waals surface area contributed by atoms with Gasteiger partial charge in [0.2, 0.25) is 5.88 Å². The number of aromatic amines is 1. The number of rotatable bonds is 4. The average molecular weight is 260 g/mol. The third-order valence-corrected chi connectivity index (χ3v) is 2.82. The Labute approximate surface area is 111 Å². The number of aromatic nitrogens is 3. The minimum Gasteiger partial charge on any atom is -0.481 e. The number of methoxy groups -OCH3 is 1. The van der Waals surface area contributed by atoms with Crippen LogP contribution in [0.3, 0.4) is 0 Å². The predicted molar refractivity (Wildman–Crippen MR) is 70.0 cm³/mol. The van der Waals surface area contributed by atoms with E-state index in [0.29, 0.717) is 23.7 Å². The molecule has 0 saturated carbocycles. The van der Waals surface area contributed by atoms with Crippen molar-refractivity contribution >= 4 is 5.91 Å². The van der Waals surface area contributed by atoms with E-state index in [1.54, 1.807) is 26.3 Å². The summed E-state index contributed by atoms with van der Waals surface area (Å²) in [5.41, 5.74) is 2.99. The van der Waals surface area contributed by atoms with Crippen molar-refractivity contribution in [3.63, 3.8) is 0 Å². The van der Waals surface area contributed by atoms with E-state index in [4.69, 9.17) is 4.74 Å². The van der Waals surface area contributed by atoms with Crippen LogP contribution >= 0.6 is 0 Å². The van der Waals surface area contributed by atoms with Gasteiger partial charge in [-0.15, -0.1) is 0 Å². The first kappa shape index (κ1) is 13.1. The molecule has 0 aliphatic heterocycles. The standard InChI is InChI=1S/C13H16N4O2/c1-8-12(9(2)17-16-8)13(18)15-7-10-4-5-14-11(6-10)19-3/h4-6H,7H2,1-3H3,(H,15,18)(H,16,17). The molecule has 0 atom stereocenters. The van der Waals surface area contributed by atoms with Gasteiger partial charge in [-0.25, -0.2) is 4.98 Å². The van der Waals surface area contributed by atoms with Crippen molar-refractivity contribution in [1.29, 1.82) is 0 Å². The van der Waals surface area contributed by atoms with E-state index in [9.17, 15) is 4.79 Å². The van der Waals surface area contributed by atoms with E-state index in [0.717, 1.165) is 11.3 Å². The summed E-state index contributed by atoms with van der Waals surface area (Å²) in [6, 6.07) is 3.62. The summed E-state index contributed by atoms with van der Waals surface area (Å²) in [5, 5.41) is 9.65.